The number of carbonyl (C=O) groups excluding carboxylic acids is 1. The van der Waals surface area contributed by atoms with Crippen molar-refractivity contribution in [1.29, 1.82) is 0 Å². The quantitative estimate of drug-likeness (QED) is 0.660. The minimum absolute atomic E-state index is 0.251. The van der Waals surface area contributed by atoms with E-state index in [2.05, 4.69) is 20.6 Å². The van der Waals surface area contributed by atoms with Gasteiger partial charge in [0.25, 0.3) is 0 Å². The maximum absolute atomic E-state index is 14.2. The number of carbonyl (C=O) groups is 1. The minimum atomic E-state index is -0.453. The number of rotatable bonds is 4. The average Bonchev–Trinajstić information content (AvgIpc) is 2.97. The molecule has 0 bridgehead atoms. The van der Waals surface area contributed by atoms with Crippen LogP contribution in [0.5, 0.6) is 0 Å². The molecule has 3 aromatic rings. The number of hydrogen-bond donors (Lipinski definition) is 2. The lowest BCUT2D eigenvalue weighted by Gasteiger charge is -2.05. The Morgan fingerprint density at radius 1 is 1.25 bits per heavy atom. The molecule has 0 saturated heterocycles. The van der Waals surface area contributed by atoms with Crippen LogP contribution in [0.15, 0.2) is 41.9 Å². The Bertz CT molecular complexity index is 882. The van der Waals surface area contributed by atoms with Crippen molar-refractivity contribution in [3.63, 3.8) is 0 Å². The van der Waals surface area contributed by atoms with Gasteiger partial charge in [0, 0.05) is 23.6 Å². The van der Waals surface area contributed by atoms with Crippen LogP contribution in [-0.4, -0.2) is 15.9 Å². The van der Waals surface area contributed by atoms with Gasteiger partial charge in [0.2, 0.25) is 5.91 Å². The van der Waals surface area contributed by atoms with E-state index in [0.717, 1.165) is 5.69 Å². The Balaban J connectivity index is 1.80. The van der Waals surface area contributed by atoms with Crippen molar-refractivity contribution in [2.24, 2.45) is 0 Å². The number of nitrogens with one attached hydrogen (secondary N) is 2. The van der Waals surface area contributed by atoms with Crippen molar-refractivity contribution in [1.82, 2.24) is 9.97 Å². The zero-order chi connectivity index (χ0) is 17.1. The molecule has 2 aromatic heterocycles. The smallest absolute Gasteiger partial charge is 0.221 e. The van der Waals surface area contributed by atoms with E-state index in [0.29, 0.717) is 27.2 Å². The fourth-order valence-corrected chi connectivity index (χ4v) is 2.87. The predicted molar refractivity (Wildman–Crippen MR) is 94.3 cm³/mol. The fraction of sp³-hybridized carbons (Fsp3) is 0.0625. The Morgan fingerprint density at radius 2 is 2.04 bits per heavy atom. The van der Waals surface area contributed by atoms with Crippen molar-refractivity contribution >= 4 is 45.4 Å². The first-order valence-corrected chi connectivity index (χ1v) is 8.18. The highest BCUT2D eigenvalue weighted by Crippen LogP contribution is 2.30. The number of amides is 1. The van der Waals surface area contributed by atoms with Crippen molar-refractivity contribution in [3.05, 3.63) is 52.9 Å². The van der Waals surface area contributed by atoms with Crippen LogP contribution < -0.4 is 10.6 Å². The topological polar surface area (TPSA) is 66.9 Å². The molecule has 0 aliphatic rings. The molecule has 0 aliphatic carbocycles. The van der Waals surface area contributed by atoms with Crippen LogP contribution in [-0.2, 0) is 4.79 Å². The Morgan fingerprint density at radius 3 is 2.71 bits per heavy atom. The number of pyridine rings is 1. The van der Waals surface area contributed by atoms with Gasteiger partial charge in [-0.25, -0.2) is 14.4 Å². The number of anilines is 3. The van der Waals surface area contributed by atoms with Crippen LogP contribution >= 0.6 is 22.9 Å². The van der Waals surface area contributed by atoms with Gasteiger partial charge in [-0.15, -0.1) is 11.3 Å². The summed E-state index contributed by atoms with van der Waals surface area (Å²) in [5, 5.41) is 8.39. The molecule has 1 aromatic carbocycles. The molecular weight excluding hydrogens is 351 g/mol. The molecule has 0 atom stereocenters. The molecule has 24 heavy (non-hydrogen) atoms. The van der Waals surface area contributed by atoms with Gasteiger partial charge in [-0.1, -0.05) is 11.6 Å². The van der Waals surface area contributed by atoms with E-state index in [9.17, 15) is 9.18 Å². The number of benzene rings is 1. The first-order chi connectivity index (χ1) is 11.5. The standard InChI is InChI=1S/C16H12ClFN4OS/c1-9(23)20-10-2-4-12(13(18)6-10)14-8-24-16(22-14)21-11-3-5-15(17)19-7-11/h2-8H,1H3,(H,20,23)(H,21,22). The Kier molecular flexibility index (Phi) is 4.73. The van der Waals surface area contributed by atoms with Gasteiger partial charge in [-0.2, -0.15) is 0 Å². The largest absolute Gasteiger partial charge is 0.330 e. The Labute approximate surface area is 146 Å². The zero-order valence-electron chi connectivity index (χ0n) is 12.5. The molecule has 3 rings (SSSR count). The van der Waals surface area contributed by atoms with Crippen molar-refractivity contribution in [3.8, 4) is 11.3 Å². The first-order valence-electron chi connectivity index (χ1n) is 6.93. The molecule has 0 saturated carbocycles. The number of thiazole rings is 1. The third-order valence-corrected chi connectivity index (χ3v) is 4.03. The zero-order valence-corrected chi connectivity index (χ0v) is 14.1. The summed E-state index contributed by atoms with van der Waals surface area (Å²) in [5.41, 5.74) is 2.02. The highest BCUT2D eigenvalue weighted by Gasteiger charge is 2.11. The third kappa shape index (κ3) is 3.87. The summed E-state index contributed by atoms with van der Waals surface area (Å²) in [5.74, 6) is -0.704. The van der Waals surface area contributed by atoms with Crippen LogP contribution in [0, 0.1) is 5.82 Å². The van der Waals surface area contributed by atoms with Crippen LogP contribution in [0.1, 0.15) is 6.92 Å². The molecule has 122 valence electrons. The molecule has 0 unspecified atom stereocenters. The normalized spacial score (nSPS) is 10.5. The van der Waals surface area contributed by atoms with Gasteiger partial charge in [0.05, 0.1) is 17.6 Å². The van der Waals surface area contributed by atoms with E-state index in [1.54, 1.807) is 35.8 Å². The summed E-state index contributed by atoms with van der Waals surface area (Å²) in [4.78, 5) is 19.4. The molecule has 2 N–H and O–H groups in total. The van der Waals surface area contributed by atoms with Gasteiger partial charge in [-0.3, -0.25) is 4.79 Å². The van der Waals surface area contributed by atoms with E-state index in [1.807, 2.05) is 0 Å². The SMILES string of the molecule is CC(=O)Nc1ccc(-c2csc(Nc3ccc(Cl)nc3)n2)c(F)c1. The van der Waals surface area contributed by atoms with Gasteiger partial charge in [0.15, 0.2) is 5.13 Å². The van der Waals surface area contributed by atoms with E-state index in [1.165, 1.54) is 24.3 Å². The average molecular weight is 363 g/mol. The number of hydrogen-bond acceptors (Lipinski definition) is 5. The van der Waals surface area contributed by atoms with E-state index < -0.39 is 5.82 Å². The Hall–Kier alpha value is -2.51. The third-order valence-electron chi connectivity index (χ3n) is 3.05. The van der Waals surface area contributed by atoms with Gasteiger partial charge in [0.1, 0.15) is 11.0 Å². The van der Waals surface area contributed by atoms with Gasteiger partial charge >= 0.3 is 0 Å². The molecule has 0 radical (unpaired) electrons. The summed E-state index contributed by atoms with van der Waals surface area (Å²) in [6.45, 7) is 1.37. The van der Waals surface area contributed by atoms with Crippen molar-refractivity contribution in [2.75, 3.05) is 10.6 Å². The van der Waals surface area contributed by atoms with Crippen LogP contribution in [0.3, 0.4) is 0 Å². The summed E-state index contributed by atoms with van der Waals surface area (Å²) >= 11 is 7.09. The summed E-state index contributed by atoms with van der Waals surface area (Å²) in [6, 6.07) is 7.93. The maximum Gasteiger partial charge on any atom is 0.221 e. The van der Waals surface area contributed by atoms with Crippen LogP contribution in [0.25, 0.3) is 11.3 Å². The molecule has 2 heterocycles. The van der Waals surface area contributed by atoms with Gasteiger partial charge in [-0.05, 0) is 30.3 Å². The molecular formula is C16H12ClFN4OS. The van der Waals surface area contributed by atoms with E-state index in [4.69, 9.17) is 11.6 Å². The van der Waals surface area contributed by atoms with Crippen LogP contribution in [0.4, 0.5) is 20.9 Å². The highest BCUT2D eigenvalue weighted by atomic mass is 35.5. The van der Waals surface area contributed by atoms with Crippen molar-refractivity contribution in [2.45, 2.75) is 6.92 Å². The summed E-state index contributed by atoms with van der Waals surface area (Å²) in [6.07, 6.45) is 1.59. The minimum Gasteiger partial charge on any atom is -0.330 e. The lowest BCUT2D eigenvalue weighted by Crippen LogP contribution is -2.05. The summed E-state index contributed by atoms with van der Waals surface area (Å²) in [7, 11) is 0. The molecule has 1 amide bonds. The monoisotopic (exact) mass is 362 g/mol. The molecule has 8 heteroatoms. The van der Waals surface area contributed by atoms with E-state index in [-0.39, 0.29) is 5.91 Å². The molecule has 0 fully saturated rings. The maximum atomic E-state index is 14.2. The highest BCUT2D eigenvalue weighted by molar-refractivity contribution is 7.14. The lowest BCUT2D eigenvalue weighted by molar-refractivity contribution is -0.114. The van der Waals surface area contributed by atoms with Crippen molar-refractivity contribution < 1.29 is 9.18 Å². The first kappa shape index (κ1) is 16.4. The predicted octanol–water partition coefficient (Wildman–Crippen LogP) is 4.70. The second-order valence-electron chi connectivity index (χ2n) is 4.91. The second kappa shape index (κ2) is 6.94. The van der Waals surface area contributed by atoms with Crippen LogP contribution in [0.2, 0.25) is 5.15 Å². The summed E-state index contributed by atoms with van der Waals surface area (Å²) < 4.78 is 14.2. The number of halogens is 2. The second-order valence-corrected chi connectivity index (χ2v) is 6.15. The fourth-order valence-electron chi connectivity index (χ4n) is 2.03. The molecule has 5 nitrogen and oxygen atoms in total. The lowest BCUT2D eigenvalue weighted by atomic mass is 10.1. The number of nitrogens with zero attached hydrogens (tertiary/aromatic N) is 2. The molecule has 0 spiro atoms. The van der Waals surface area contributed by atoms with Gasteiger partial charge < -0.3 is 10.6 Å². The molecule has 0 aliphatic heterocycles. The number of aromatic nitrogens is 2. The van der Waals surface area contributed by atoms with E-state index >= 15 is 0 Å².